The third kappa shape index (κ3) is 7.21. The van der Waals surface area contributed by atoms with E-state index in [0.717, 1.165) is 17.3 Å². The van der Waals surface area contributed by atoms with Gasteiger partial charge in [0.05, 0.1) is 12.3 Å². The number of fused-ring (bicyclic) bond motifs is 1. The molecule has 0 aliphatic carbocycles. The second kappa shape index (κ2) is 12.0. The molecular weight excluding hydrogens is 409 g/mol. The summed E-state index contributed by atoms with van der Waals surface area (Å²) in [4.78, 5) is 13.2. The molecule has 32 heavy (non-hydrogen) atoms. The molecule has 0 bridgehead atoms. The molecule has 0 aromatic heterocycles. The molecule has 0 spiro atoms. The second-order valence-corrected chi connectivity index (χ2v) is 7.64. The number of nitrogens with zero attached hydrogens (tertiary/aromatic N) is 1. The van der Waals surface area contributed by atoms with Crippen LogP contribution < -0.4 is 15.8 Å². The summed E-state index contributed by atoms with van der Waals surface area (Å²) in [6.07, 6.45) is 2.64. The van der Waals surface area contributed by atoms with Crippen molar-refractivity contribution in [1.29, 1.82) is 0 Å². The van der Waals surface area contributed by atoms with Crippen molar-refractivity contribution < 1.29 is 18.7 Å². The Balaban J connectivity index is 0.000000183. The number of hydrogen-bond donors (Lipinski definition) is 2. The second-order valence-electron chi connectivity index (χ2n) is 7.64. The van der Waals surface area contributed by atoms with Gasteiger partial charge in [0.1, 0.15) is 18.2 Å². The van der Waals surface area contributed by atoms with Crippen LogP contribution in [-0.4, -0.2) is 44.3 Å². The number of urea groups is 1. The molecule has 1 saturated heterocycles. The van der Waals surface area contributed by atoms with Crippen molar-refractivity contribution in [3.63, 3.8) is 0 Å². The smallest absolute Gasteiger partial charge is 0.316 e. The third-order valence-corrected chi connectivity index (χ3v) is 5.16. The van der Waals surface area contributed by atoms with E-state index in [0.29, 0.717) is 24.7 Å². The van der Waals surface area contributed by atoms with Crippen LogP contribution in [0.2, 0.25) is 0 Å². The quantitative estimate of drug-likeness (QED) is 0.520. The minimum Gasteiger partial charge on any atom is -0.489 e. The van der Waals surface area contributed by atoms with Crippen LogP contribution in [0.3, 0.4) is 0 Å². The summed E-state index contributed by atoms with van der Waals surface area (Å²) in [5, 5.41) is 4.58. The third-order valence-electron chi connectivity index (χ3n) is 5.16. The van der Waals surface area contributed by atoms with E-state index < -0.39 is 6.03 Å². The molecule has 1 fully saturated rings. The molecule has 0 saturated carbocycles. The Kier molecular flexibility index (Phi) is 8.83. The Morgan fingerprint density at radius 1 is 1.03 bits per heavy atom. The molecule has 0 atom stereocenters. The van der Waals surface area contributed by atoms with E-state index in [2.05, 4.69) is 22.3 Å². The van der Waals surface area contributed by atoms with Crippen molar-refractivity contribution in [3.8, 4) is 5.75 Å². The number of likely N-dealkylation sites (tertiary alicyclic amines) is 1. The van der Waals surface area contributed by atoms with Gasteiger partial charge in [0.25, 0.3) is 0 Å². The lowest BCUT2D eigenvalue weighted by atomic mass is 10.1. The van der Waals surface area contributed by atoms with E-state index in [-0.39, 0.29) is 5.82 Å². The number of carbonyl (C=O) groups excluding carboxylic acids is 1. The first kappa shape index (κ1) is 23.5. The van der Waals surface area contributed by atoms with Crippen LogP contribution in [0.5, 0.6) is 5.75 Å². The Morgan fingerprint density at radius 3 is 2.50 bits per heavy atom. The highest BCUT2D eigenvalue weighted by molar-refractivity contribution is 5.89. The molecule has 2 amide bonds. The number of anilines is 1. The fourth-order valence-corrected chi connectivity index (χ4v) is 3.63. The van der Waals surface area contributed by atoms with Crippen molar-refractivity contribution >= 4 is 22.5 Å². The monoisotopic (exact) mass is 439 g/mol. The average Bonchev–Trinajstić information content (AvgIpc) is 3.28. The van der Waals surface area contributed by atoms with Crippen LogP contribution in [0.1, 0.15) is 18.4 Å². The van der Waals surface area contributed by atoms with Crippen LogP contribution in [0.4, 0.5) is 14.9 Å². The summed E-state index contributed by atoms with van der Waals surface area (Å²) in [6, 6.07) is 17.7. The molecule has 1 aliphatic rings. The van der Waals surface area contributed by atoms with E-state index in [9.17, 15) is 9.18 Å². The molecule has 1 aliphatic heterocycles. The van der Waals surface area contributed by atoms with Gasteiger partial charge in [-0.05, 0) is 72.6 Å². The molecule has 1 heterocycles. The predicted octanol–water partition coefficient (Wildman–Crippen LogP) is 4.78. The van der Waals surface area contributed by atoms with Gasteiger partial charge in [-0.25, -0.2) is 9.18 Å². The van der Waals surface area contributed by atoms with Crippen molar-refractivity contribution in [1.82, 2.24) is 4.90 Å². The van der Waals surface area contributed by atoms with Crippen molar-refractivity contribution in [3.05, 3.63) is 72.0 Å². The molecular formula is C25H30FN3O3. The SMILES string of the molecule is COCCOc1ccccc1NC(N)=O.Fc1ccc2cc(CN3CCCC3)ccc2c1. The fraction of sp³-hybridized carbons (Fsp3) is 0.320. The lowest BCUT2D eigenvalue weighted by molar-refractivity contribution is 0.146. The Labute approximate surface area is 188 Å². The minimum atomic E-state index is -0.613. The number of hydrogen-bond acceptors (Lipinski definition) is 4. The van der Waals surface area contributed by atoms with Gasteiger partial charge < -0.3 is 20.5 Å². The number of benzene rings is 3. The van der Waals surface area contributed by atoms with Crippen molar-refractivity contribution in [2.24, 2.45) is 5.73 Å². The molecule has 3 aromatic carbocycles. The van der Waals surface area contributed by atoms with Crippen LogP contribution in [0.15, 0.2) is 60.7 Å². The molecule has 6 nitrogen and oxygen atoms in total. The van der Waals surface area contributed by atoms with Crippen molar-refractivity contribution in [2.75, 3.05) is 38.7 Å². The number of nitrogens with two attached hydrogens (primary N) is 1. The molecule has 7 heteroatoms. The Morgan fingerprint density at radius 2 is 1.75 bits per heavy atom. The van der Waals surface area contributed by atoms with E-state index >= 15 is 0 Å². The molecule has 3 N–H and O–H groups in total. The molecule has 0 radical (unpaired) electrons. The maximum absolute atomic E-state index is 13.1. The van der Waals surface area contributed by atoms with Gasteiger partial charge in [-0.3, -0.25) is 4.90 Å². The van der Waals surface area contributed by atoms with Gasteiger partial charge in [0.15, 0.2) is 0 Å². The first-order chi connectivity index (χ1) is 15.5. The van der Waals surface area contributed by atoms with Crippen LogP contribution in [0, 0.1) is 5.82 Å². The van der Waals surface area contributed by atoms with E-state index in [1.165, 1.54) is 37.6 Å². The van der Waals surface area contributed by atoms with Gasteiger partial charge in [0.2, 0.25) is 0 Å². The number of primary amides is 1. The Hall–Kier alpha value is -3.16. The predicted molar refractivity (Wildman–Crippen MR) is 125 cm³/mol. The number of halogens is 1. The number of rotatable bonds is 7. The van der Waals surface area contributed by atoms with Gasteiger partial charge in [0, 0.05) is 13.7 Å². The number of para-hydroxylation sites is 2. The zero-order valence-electron chi connectivity index (χ0n) is 18.4. The maximum Gasteiger partial charge on any atom is 0.316 e. The number of carbonyl (C=O) groups is 1. The number of nitrogens with one attached hydrogen (secondary N) is 1. The van der Waals surface area contributed by atoms with E-state index in [4.69, 9.17) is 15.2 Å². The zero-order chi connectivity index (χ0) is 22.8. The number of methoxy groups -OCH3 is 1. The maximum atomic E-state index is 13.1. The molecule has 4 rings (SSSR count). The lowest BCUT2D eigenvalue weighted by Gasteiger charge is -2.14. The van der Waals surface area contributed by atoms with Gasteiger partial charge in [-0.2, -0.15) is 0 Å². The standard InChI is InChI=1S/C15H16FN.C10H14N2O3/c16-15-6-5-13-9-12(3-4-14(13)10-15)11-17-7-1-2-8-17;1-14-6-7-15-9-5-3-2-4-8(9)12-10(11)13/h3-6,9-10H,1-2,7-8,11H2;2-5H,6-7H2,1H3,(H3,11,12,13). The molecule has 170 valence electrons. The normalized spacial score (nSPS) is 13.4. The summed E-state index contributed by atoms with van der Waals surface area (Å²) in [6.45, 7) is 4.36. The fourth-order valence-electron chi connectivity index (χ4n) is 3.63. The average molecular weight is 440 g/mol. The highest BCUT2D eigenvalue weighted by Gasteiger charge is 2.11. The molecule has 0 unspecified atom stereocenters. The summed E-state index contributed by atoms with van der Waals surface area (Å²) in [5.41, 5.74) is 6.90. The highest BCUT2D eigenvalue weighted by atomic mass is 19.1. The van der Waals surface area contributed by atoms with Crippen LogP contribution in [0.25, 0.3) is 10.8 Å². The number of amides is 2. The minimum absolute atomic E-state index is 0.162. The Bertz CT molecular complexity index is 1020. The number of ether oxygens (including phenoxy) is 2. The lowest BCUT2D eigenvalue weighted by Crippen LogP contribution is -2.20. The van der Waals surface area contributed by atoms with Crippen LogP contribution >= 0.6 is 0 Å². The highest BCUT2D eigenvalue weighted by Crippen LogP contribution is 2.23. The molecule has 3 aromatic rings. The van der Waals surface area contributed by atoms with E-state index in [1.54, 1.807) is 31.4 Å². The summed E-state index contributed by atoms with van der Waals surface area (Å²) in [5.74, 6) is 0.415. The summed E-state index contributed by atoms with van der Waals surface area (Å²) >= 11 is 0. The summed E-state index contributed by atoms with van der Waals surface area (Å²) in [7, 11) is 1.59. The van der Waals surface area contributed by atoms with E-state index in [1.807, 2.05) is 18.2 Å². The van der Waals surface area contributed by atoms with Gasteiger partial charge >= 0.3 is 6.03 Å². The van der Waals surface area contributed by atoms with Crippen molar-refractivity contribution in [2.45, 2.75) is 19.4 Å². The van der Waals surface area contributed by atoms with Gasteiger partial charge in [-0.1, -0.05) is 30.3 Å². The summed E-state index contributed by atoms with van der Waals surface area (Å²) < 4.78 is 23.3. The largest absolute Gasteiger partial charge is 0.489 e. The van der Waals surface area contributed by atoms with Crippen LogP contribution in [-0.2, 0) is 11.3 Å². The van der Waals surface area contributed by atoms with Gasteiger partial charge in [-0.15, -0.1) is 0 Å². The zero-order valence-corrected chi connectivity index (χ0v) is 18.4. The topological polar surface area (TPSA) is 76.8 Å². The first-order valence-corrected chi connectivity index (χ1v) is 10.7. The first-order valence-electron chi connectivity index (χ1n) is 10.7.